The molecule has 2 N–H and O–H groups in total. The molecule has 0 saturated heterocycles. The van der Waals surface area contributed by atoms with E-state index in [1.165, 1.54) is 27.1 Å². The second-order valence-corrected chi connectivity index (χ2v) is 7.27. The molecule has 3 aromatic rings. The number of nitrogens with one attached hydrogen (secondary N) is 2. The zero-order valence-electron chi connectivity index (χ0n) is 13.9. The van der Waals surface area contributed by atoms with Crippen LogP contribution in [0.5, 0.6) is 0 Å². The predicted molar refractivity (Wildman–Crippen MR) is 104 cm³/mol. The van der Waals surface area contributed by atoms with E-state index in [2.05, 4.69) is 64.5 Å². The number of thiophene rings is 1. The molecule has 0 saturated carbocycles. The molecule has 3 nitrogen and oxygen atoms in total. The maximum atomic E-state index is 12.0. The van der Waals surface area contributed by atoms with E-state index in [9.17, 15) is 4.79 Å². The molecule has 0 fully saturated rings. The van der Waals surface area contributed by atoms with E-state index < -0.39 is 0 Å². The standard InChI is InChI=1S/C21H20N2OS/c24-21(22-10-9-18-5-3-11-25-18)14-23-17-7-8-20-16(13-17)12-15-4-1-2-6-19(15)20/h1-8,11,13,23H,9-10,12,14H2,(H,22,24). The van der Waals surface area contributed by atoms with Crippen molar-refractivity contribution in [2.24, 2.45) is 0 Å². The van der Waals surface area contributed by atoms with Crippen LogP contribution in [0.4, 0.5) is 5.69 Å². The second-order valence-electron chi connectivity index (χ2n) is 6.24. The molecule has 0 aliphatic heterocycles. The maximum Gasteiger partial charge on any atom is 0.239 e. The minimum atomic E-state index is 0.0281. The molecular weight excluding hydrogens is 328 g/mol. The third-order valence-electron chi connectivity index (χ3n) is 4.52. The minimum absolute atomic E-state index is 0.0281. The topological polar surface area (TPSA) is 41.1 Å². The molecule has 0 radical (unpaired) electrons. The fourth-order valence-electron chi connectivity index (χ4n) is 3.28. The van der Waals surface area contributed by atoms with E-state index in [1.807, 2.05) is 6.07 Å². The molecule has 0 spiro atoms. The summed E-state index contributed by atoms with van der Waals surface area (Å²) >= 11 is 1.72. The predicted octanol–water partition coefficient (Wildman–Crippen LogP) is 4.09. The van der Waals surface area contributed by atoms with E-state index in [0.717, 1.165) is 18.5 Å². The van der Waals surface area contributed by atoms with E-state index >= 15 is 0 Å². The normalized spacial score (nSPS) is 11.7. The summed E-state index contributed by atoms with van der Waals surface area (Å²) in [4.78, 5) is 13.3. The van der Waals surface area contributed by atoms with Gasteiger partial charge in [0.1, 0.15) is 0 Å². The van der Waals surface area contributed by atoms with Crippen LogP contribution in [0, 0.1) is 0 Å². The summed E-state index contributed by atoms with van der Waals surface area (Å²) in [5.74, 6) is 0.0281. The fraction of sp³-hybridized carbons (Fsp3) is 0.190. The van der Waals surface area contributed by atoms with Crippen molar-refractivity contribution in [3.8, 4) is 11.1 Å². The largest absolute Gasteiger partial charge is 0.376 e. The van der Waals surface area contributed by atoms with Crippen LogP contribution in [0.25, 0.3) is 11.1 Å². The van der Waals surface area contributed by atoms with Gasteiger partial charge in [-0.3, -0.25) is 4.79 Å². The Bertz CT molecular complexity index is 887. The first kappa shape index (κ1) is 15.9. The van der Waals surface area contributed by atoms with Gasteiger partial charge >= 0.3 is 0 Å². The van der Waals surface area contributed by atoms with Crippen molar-refractivity contribution in [1.29, 1.82) is 0 Å². The minimum Gasteiger partial charge on any atom is -0.376 e. The molecule has 25 heavy (non-hydrogen) atoms. The van der Waals surface area contributed by atoms with Crippen LogP contribution in [0.2, 0.25) is 0 Å². The number of hydrogen-bond donors (Lipinski definition) is 2. The molecule has 0 atom stereocenters. The summed E-state index contributed by atoms with van der Waals surface area (Å²) in [6.45, 7) is 0.983. The summed E-state index contributed by atoms with van der Waals surface area (Å²) in [5.41, 5.74) is 6.34. The number of anilines is 1. The number of carbonyl (C=O) groups excluding carboxylic acids is 1. The molecule has 126 valence electrons. The van der Waals surface area contributed by atoms with Crippen molar-refractivity contribution in [2.75, 3.05) is 18.4 Å². The van der Waals surface area contributed by atoms with Crippen molar-refractivity contribution >= 4 is 22.9 Å². The summed E-state index contributed by atoms with van der Waals surface area (Å²) in [5, 5.41) is 8.26. The van der Waals surface area contributed by atoms with Crippen molar-refractivity contribution in [3.63, 3.8) is 0 Å². The van der Waals surface area contributed by atoms with E-state index in [4.69, 9.17) is 0 Å². The first-order valence-corrected chi connectivity index (χ1v) is 9.42. The van der Waals surface area contributed by atoms with Gasteiger partial charge in [-0.15, -0.1) is 11.3 Å². The smallest absolute Gasteiger partial charge is 0.239 e. The number of hydrogen-bond acceptors (Lipinski definition) is 3. The quantitative estimate of drug-likeness (QED) is 0.551. The second kappa shape index (κ2) is 7.11. The van der Waals surface area contributed by atoms with Gasteiger partial charge in [-0.25, -0.2) is 0 Å². The van der Waals surface area contributed by atoms with Crippen LogP contribution in [-0.2, 0) is 17.6 Å². The average Bonchev–Trinajstić information content (AvgIpc) is 3.26. The third kappa shape index (κ3) is 3.59. The van der Waals surface area contributed by atoms with Gasteiger partial charge in [0, 0.05) is 17.1 Å². The van der Waals surface area contributed by atoms with Crippen LogP contribution < -0.4 is 10.6 Å². The Hall–Kier alpha value is -2.59. The van der Waals surface area contributed by atoms with E-state index in [-0.39, 0.29) is 5.91 Å². The van der Waals surface area contributed by atoms with Crippen LogP contribution in [0.3, 0.4) is 0 Å². The number of fused-ring (bicyclic) bond motifs is 3. The van der Waals surface area contributed by atoms with Crippen molar-refractivity contribution in [2.45, 2.75) is 12.8 Å². The zero-order valence-corrected chi connectivity index (χ0v) is 14.7. The Morgan fingerprint density at radius 2 is 1.88 bits per heavy atom. The molecule has 0 unspecified atom stereocenters. The molecule has 0 bridgehead atoms. The molecule has 4 heteroatoms. The van der Waals surface area contributed by atoms with Gasteiger partial charge in [0.15, 0.2) is 0 Å². The Balaban J connectivity index is 1.30. The highest BCUT2D eigenvalue weighted by atomic mass is 32.1. The first-order chi connectivity index (χ1) is 12.3. The lowest BCUT2D eigenvalue weighted by molar-refractivity contribution is -0.119. The lowest BCUT2D eigenvalue weighted by Gasteiger charge is -2.09. The van der Waals surface area contributed by atoms with Gasteiger partial charge in [-0.1, -0.05) is 36.4 Å². The van der Waals surface area contributed by atoms with Crippen molar-refractivity contribution in [3.05, 3.63) is 76.0 Å². The molecular formula is C21H20N2OS. The van der Waals surface area contributed by atoms with Crippen LogP contribution in [0.1, 0.15) is 16.0 Å². The lowest BCUT2D eigenvalue weighted by atomic mass is 10.1. The summed E-state index contributed by atoms with van der Waals surface area (Å²) in [6.07, 6.45) is 1.86. The Morgan fingerprint density at radius 1 is 1.00 bits per heavy atom. The van der Waals surface area contributed by atoms with Crippen LogP contribution in [-0.4, -0.2) is 19.0 Å². The molecule has 4 rings (SSSR count). The van der Waals surface area contributed by atoms with Gasteiger partial charge in [0.25, 0.3) is 0 Å². The maximum absolute atomic E-state index is 12.0. The Labute approximate surface area is 151 Å². The lowest BCUT2D eigenvalue weighted by Crippen LogP contribution is -2.31. The molecule has 1 amide bonds. The summed E-state index contributed by atoms with van der Waals surface area (Å²) in [7, 11) is 0. The van der Waals surface area contributed by atoms with Crippen LogP contribution in [0.15, 0.2) is 60.0 Å². The highest BCUT2D eigenvalue weighted by Gasteiger charge is 2.17. The van der Waals surface area contributed by atoms with Gasteiger partial charge in [-0.2, -0.15) is 0 Å². The third-order valence-corrected chi connectivity index (χ3v) is 5.46. The first-order valence-electron chi connectivity index (χ1n) is 8.54. The van der Waals surface area contributed by atoms with Gasteiger partial charge in [0.05, 0.1) is 6.54 Å². The molecule has 1 aliphatic carbocycles. The van der Waals surface area contributed by atoms with Gasteiger partial charge < -0.3 is 10.6 Å². The number of rotatable bonds is 6. The van der Waals surface area contributed by atoms with Crippen molar-refractivity contribution in [1.82, 2.24) is 5.32 Å². The summed E-state index contributed by atoms with van der Waals surface area (Å²) < 4.78 is 0. The van der Waals surface area contributed by atoms with Crippen molar-refractivity contribution < 1.29 is 4.79 Å². The van der Waals surface area contributed by atoms with Crippen LogP contribution >= 0.6 is 11.3 Å². The monoisotopic (exact) mass is 348 g/mol. The number of amides is 1. The number of carbonyl (C=O) groups is 1. The molecule has 2 aromatic carbocycles. The number of benzene rings is 2. The highest BCUT2D eigenvalue weighted by Crippen LogP contribution is 2.37. The van der Waals surface area contributed by atoms with Gasteiger partial charge in [-0.05, 0) is 58.7 Å². The Morgan fingerprint density at radius 3 is 2.76 bits per heavy atom. The van der Waals surface area contributed by atoms with Gasteiger partial charge in [0.2, 0.25) is 5.91 Å². The average molecular weight is 348 g/mol. The molecule has 1 heterocycles. The SMILES string of the molecule is O=C(CNc1ccc2c(c1)Cc1ccccc1-2)NCCc1cccs1. The zero-order chi connectivity index (χ0) is 17.1. The summed E-state index contributed by atoms with van der Waals surface area (Å²) in [6, 6.07) is 19.0. The van der Waals surface area contributed by atoms with E-state index in [1.54, 1.807) is 11.3 Å². The molecule has 1 aliphatic rings. The Kier molecular flexibility index (Phi) is 4.53. The highest BCUT2D eigenvalue weighted by molar-refractivity contribution is 7.09. The molecule has 1 aromatic heterocycles. The van der Waals surface area contributed by atoms with E-state index in [0.29, 0.717) is 13.1 Å². The fourth-order valence-corrected chi connectivity index (χ4v) is 3.99.